The van der Waals surface area contributed by atoms with Crippen molar-refractivity contribution >= 4 is 22.7 Å². The Balaban J connectivity index is 1.94. The Labute approximate surface area is 131 Å². The van der Waals surface area contributed by atoms with E-state index < -0.39 is 0 Å². The highest BCUT2D eigenvalue weighted by Crippen LogP contribution is 2.36. The van der Waals surface area contributed by atoms with Gasteiger partial charge in [-0.15, -0.1) is 11.8 Å². The number of rotatable bonds is 5. The summed E-state index contributed by atoms with van der Waals surface area (Å²) < 4.78 is 0. The third-order valence-corrected chi connectivity index (χ3v) is 5.73. The summed E-state index contributed by atoms with van der Waals surface area (Å²) in [5.74, 6) is 0. The Bertz CT molecular complexity index is 605. The summed E-state index contributed by atoms with van der Waals surface area (Å²) in [5.41, 5.74) is 8.63. The van der Waals surface area contributed by atoms with E-state index in [2.05, 4.69) is 37.3 Å². The quantitative estimate of drug-likeness (QED) is 0.880. The molecular formula is C18H24N2S. The van der Waals surface area contributed by atoms with E-state index in [-0.39, 0.29) is 6.04 Å². The highest BCUT2D eigenvalue weighted by molar-refractivity contribution is 7.99. The van der Waals surface area contributed by atoms with Crippen LogP contribution < -0.4 is 5.73 Å². The molecule has 112 valence electrons. The molecule has 3 rings (SSSR count). The van der Waals surface area contributed by atoms with Gasteiger partial charge in [-0.1, -0.05) is 38.0 Å². The molecule has 1 saturated carbocycles. The Hall–Kier alpha value is -1.06. The van der Waals surface area contributed by atoms with Crippen molar-refractivity contribution in [1.82, 2.24) is 4.98 Å². The molecule has 0 spiro atoms. The van der Waals surface area contributed by atoms with E-state index in [0.717, 1.165) is 23.6 Å². The van der Waals surface area contributed by atoms with Gasteiger partial charge in [0.05, 0.1) is 5.52 Å². The third kappa shape index (κ3) is 3.58. The molecule has 1 aliphatic carbocycles. The smallest absolute Gasteiger partial charge is 0.100 e. The summed E-state index contributed by atoms with van der Waals surface area (Å²) in [7, 11) is 0. The van der Waals surface area contributed by atoms with E-state index in [4.69, 9.17) is 10.7 Å². The molecule has 0 saturated heterocycles. The normalized spacial score (nSPS) is 17.4. The standard InChI is InChI=1S/C18H24N2S/c1-2-15(19)12-14-11-13-7-3-6-10-17(13)20-18(14)21-16-8-4-5-9-16/h3,6-7,10-11,15-16H,2,4-5,8-9,12,19H2,1H3. The lowest BCUT2D eigenvalue weighted by atomic mass is 10.0. The Morgan fingerprint density at radius 1 is 1.29 bits per heavy atom. The van der Waals surface area contributed by atoms with Gasteiger partial charge in [-0.25, -0.2) is 4.98 Å². The zero-order valence-corrected chi connectivity index (χ0v) is 13.5. The van der Waals surface area contributed by atoms with Crippen LogP contribution in [-0.2, 0) is 6.42 Å². The first kappa shape index (κ1) is 14.9. The van der Waals surface area contributed by atoms with E-state index >= 15 is 0 Å². The zero-order chi connectivity index (χ0) is 14.7. The lowest BCUT2D eigenvalue weighted by Crippen LogP contribution is -2.22. The fourth-order valence-corrected chi connectivity index (χ4v) is 4.31. The first-order valence-electron chi connectivity index (χ1n) is 8.07. The average Bonchev–Trinajstić information content (AvgIpc) is 3.00. The largest absolute Gasteiger partial charge is 0.327 e. The van der Waals surface area contributed by atoms with Gasteiger partial charge >= 0.3 is 0 Å². The van der Waals surface area contributed by atoms with Crippen LogP contribution in [0.4, 0.5) is 0 Å². The topological polar surface area (TPSA) is 38.9 Å². The van der Waals surface area contributed by atoms with Crippen LogP contribution in [0.1, 0.15) is 44.6 Å². The number of nitrogens with zero attached hydrogens (tertiary/aromatic N) is 1. The van der Waals surface area contributed by atoms with Crippen molar-refractivity contribution < 1.29 is 0 Å². The van der Waals surface area contributed by atoms with Crippen molar-refractivity contribution in [3.05, 3.63) is 35.9 Å². The molecule has 1 fully saturated rings. The number of fused-ring (bicyclic) bond motifs is 1. The zero-order valence-electron chi connectivity index (χ0n) is 12.7. The highest BCUT2D eigenvalue weighted by Gasteiger charge is 2.19. The monoisotopic (exact) mass is 300 g/mol. The predicted molar refractivity (Wildman–Crippen MR) is 91.8 cm³/mol. The summed E-state index contributed by atoms with van der Waals surface area (Å²) in [4.78, 5) is 4.93. The van der Waals surface area contributed by atoms with Gasteiger partial charge in [0.2, 0.25) is 0 Å². The minimum absolute atomic E-state index is 0.232. The van der Waals surface area contributed by atoms with Crippen molar-refractivity contribution in [3.8, 4) is 0 Å². The third-order valence-electron chi connectivity index (χ3n) is 4.35. The lowest BCUT2D eigenvalue weighted by molar-refractivity contribution is 0.638. The van der Waals surface area contributed by atoms with Gasteiger partial charge < -0.3 is 5.73 Å². The van der Waals surface area contributed by atoms with Crippen molar-refractivity contribution in [1.29, 1.82) is 0 Å². The maximum absolute atomic E-state index is 6.19. The molecule has 0 aliphatic heterocycles. The van der Waals surface area contributed by atoms with Crippen LogP contribution in [0.15, 0.2) is 35.4 Å². The number of thioether (sulfide) groups is 1. The minimum atomic E-state index is 0.232. The van der Waals surface area contributed by atoms with Gasteiger partial charge in [0.1, 0.15) is 5.03 Å². The summed E-state index contributed by atoms with van der Waals surface area (Å²) in [6.07, 6.45) is 7.35. The van der Waals surface area contributed by atoms with E-state index in [0.29, 0.717) is 0 Å². The molecule has 1 atom stereocenters. The molecule has 2 N–H and O–H groups in total. The molecule has 0 amide bonds. The maximum Gasteiger partial charge on any atom is 0.100 e. The van der Waals surface area contributed by atoms with Gasteiger partial charge in [-0.2, -0.15) is 0 Å². The number of aromatic nitrogens is 1. The van der Waals surface area contributed by atoms with Crippen LogP contribution in [0.5, 0.6) is 0 Å². The van der Waals surface area contributed by atoms with Crippen LogP contribution in [0.3, 0.4) is 0 Å². The molecule has 1 aromatic heterocycles. The number of para-hydroxylation sites is 1. The Morgan fingerprint density at radius 2 is 2.05 bits per heavy atom. The second-order valence-electron chi connectivity index (χ2n) is 6.04. The second-order valence-corrected chi connectivity index (χ2v) is 7.33. The van der Waals surface area contributed by atoms with Gasteiger partial charge in [-0.3, -0.25) is 0 Å². The number of pyridine rings is 1. The minimum Gasteiger partial charge on any atom is -0.327 e. The molecule has 0 radical (unpaired) electrons. The van der Waals surface area contributed by atoms with Gasteiger partial charge in [-0.05, 0) is 43.4 Å². The fourth-order valence-electron chi connectivity index (χ4n) is 2.98. The van der Waals surface area contributed by atoms with E-state index in [1.54, 1.807) is 0 Å². The Kier molecular flexibility index (Phi) is 4.81. The predicted octanol–water partition coefficient (Wildman–Crippen LogP) is 4.55. The summed E-state index contributed by atoms with van der Waals surface area (Å²) >= 11 is 1.98. The van der Waals surface area contributed by atoms with Gasteiger partial charge in [0.25, 0.3) is 0 Å². The van der Waals surface area contributed by atoms with Crippen LogP contribution in [0.25, 0.3) is 10.9 Å². The SMILES string of the molecule is CCC(N)Cc1cc2ccccc2nc1SC1CCCC1. The highest BCUT2D eigenvalue weighted by atomic mass is 32.2. The molecule has 0 bridgehead atoms. The van der Waals surface area contributed by atoms with E-state index in [1.807, 2.05) is 11.8 Å². The van der Waals surface area contributed by atoms with Crippen LogP contribution >= 0.6 is 11.8 Å². The van der Waals surface area contributed by atoms with Crippen molar-refractivity contribution in [2.75, 3.05) is 0 Å². The Morgan fingerprint density at radius 3 is 2.81 bits per heavy atom. The van der Waals surface area contributed by atoms with Gasteiger partial charge in [0.15, 0.2) is 0 Å². The molecule has 1 aliphatic rings. The number of nitrogens with two attached hydrogens (primary N) is 1. The van der Waals surface area contributed by atoms with Crippen LogP contribution in [0.2, 0.25) is 0 Å². The molecule has 1 unspecified atom stereocenters. The van der Waals surface area contributed by atoms with Crippen LogP contribution in [0, 0.1) is 0 Å². The summed E-state index contributed by atoms with van der Waals surface area (Å²) in [6, 6.07) is 10.9. The van der Waals surface area contributed by atoms with Gasteiger partial charge in [0, 0.05) is 16.7 Å². The van der Waals surface area contributed by atoms with E-state index in [1.165, 1.54) is 41.7 Å². The second kappa shape index (κ2) is 6.80. The number of hydrogen-bond donors (Lipinski definition) is 1. The molecule has 2 aromatic rings. The number of benzene rings is 1. The first-order chi connectivity index (χ1) is 10.3. The number of hydrogen-bond acceptors (Lipinski definition) is 3. The molecular weight excluding hydrogens is 276 g/mol. The summed E-state index contributed by atoms with van der Waals surface area (Å²) in [5, 5.41) is 3.19. The van der Waals surface area contributed by atoms with Crippen molar-refractivity contribution in [3.63, 3.8) is 0 Å². The van der Waals surface area contributed by atoms with Crippen molar-refractivity contribution in [2.24, 2.45) is 5.73 Å². The fraction of sp³-hybridized carbons (Fsp3) is 0.500. The summed E-state index contributed by atoms with van der Waals surface area (Å²) in [6.45, 7) is 2.16. The lowest BCUT2D eigenvalue weighted by Gasteiger charge is -2.16. The molecule has 3 heteroatoms. The molecule has 1 aromatic carbocycles. The van der Waals surface area contributed by atoms with Crippen molar-refractivity contribution in [2.45, 2.75) is 61.8 Å². The first-order valence-corrected chi connectivity index (χ1v) is 8.95. The van der Waals surface area contributed by atoms with E-state index in [9.17, 15) is 0 Å². The molecule has 21 heavy (non-hydrogen) atoms. The maximum atomic E-state index is 6.19. The average molecular weight is 300 g/mol. The molecule has 1 heterocycles. The molecule has 2 nitrogen and oxygen atoms in total. The van der Waals surface area contributed by atoms with Crippen LogP contribution in [-0.4, -0.2) is 16.3 Å².